The molecule has 0 saturated heterocycles. The zero-order valence-electron chi connectivity index (χ0n) is 16.8. The second-order valence-electron chi connectivity index (χ2n) is 6.04. The molecule has 9 heteroatoms. The molecule has 0 amide bonds. The van der Waals surface area contributed by atoms with Crippen LogP contribution >= 0.6 is 11.6 Å². The SMILES string of the molecule is CCOC(=O)c1c(C)[nH]c(C(=O)COC(=O)c2cc(Cl)c(OC)c(OC)c2)c1C. The van der Waals surface area contributed by atoms with Crippen molar-refractivity contribution in [2.24, 2.45) is 0 Å². The highest BCUT2D eigenvalue weighted by molar-refractivity contribution is 6.32. The molecule has 0 unspecified atom stereocenters. The molecule has 156 valence electrons. The van der Waals surface area contributed by atoms with E-state index in [1.54, 1.807) is 20.8 Å². The fraction of sp³-hybridized carbons (Fsp3) is 0.350. The average Bonchev–Trinajstić information content (AvgIpc) is 2.99. The fourth-order valence-corrected chi connectivity index (χ4v) is 3.15. The van der Waals surface area contributed by atoms with Gasteiger partial charge in [-0.3, -0.25) is 4.79 Å². The van der Waals surface area contributed by atoms with Crippen molar-refractivity contribution < 1.29 is 33.3 Å². The molecule has 0 fully saturated rings. The summed E-state index contributed by atoms with van der Waals surface area (Å²) in [6, 6.07) is 2.76. The smallest absolute Gasteiger partial charge is 0.340 e. The molecule has 1 N–H and O–H groups in total. The lowest BCUT2D eigenvalue weighted by atomic mass is 10.1. The third kappa shape index (κ3) is 4.71. The van der Waals surface area contributed by atoms with Crippen molar-refractivity contribution >= 4 is 29.3 Å². The van der Waals surface area contributed by atoms with Crippen molar-refractivity contribution in [2.45, 2.75) is 20.8 Å². The van der Waals surface area contributed by atoms with Gasteiger partial charge >= 0.3 is 11.9 Å². The number of aromatic amines is 1. The predicted molar refractivity (Wildman–Crippen MR) is 105 cm³/mol. The molecule has 0 aliphatic rings. The summed E-state index contributed by atoms with van der Waals surface area (Å²) >= 11 is 6.08. The minimum Gasteiger partial charge on any atom is -0.493 e. The number of hydrogen-bond donors (Lipinski definition) is 1. The number of ketones is 1. The van der Waals surface area contributed by atoms with E-state index in [0.717, 1.165) is 0 Å². The first-order chi connectivity index (χ1) is 13.7. The van der Waals surface area contributed by atoms with Gasteiger partial charge in [-0.05, 0) is 38.5 Å². The second kappa shape index (κ2) is 9.47. The first-order valence-electron chi connectivity index (χ1n) is 8.73. The van der Waals surface area contributed by atoms with Gasteiger partial charge in [0, 0.05) is 5.69 Å². The van der Waals surface area contributed by atoms with Crippen LogP contribution in [0.1, 0.15) is 49.4 Å². The minimum atomic E-state index is -0.757. The molecule has 1 heterocycles. The van der Waals surface area contributed by atoms with Crippen molar-refractivity contribution in [3.05, 3.63) is 45.2 Å². The molecular formula is C20H22ClNO7. The van der Waals surface area contributed by atoms with Crippen LogP contribution in [-0.4, -0.2) is 50.1 Å². The van der Waals surface area contributed by atoms with Gasteiger partial charge in [0.2, 0.25) is 5.78 Å². The molecule has 1 aromatic heterocycles. The van der Waals surface area contributed by atoms with Gasteiger partial charge in [-0.1, -0.05) is 11.6 Å². The third-order valence-corrected chi connectivity index (χ3v) is 4.48. The molecule has 2 aromatic rings. The summed E-state index contributed by atoms with van der Waals surface area (Å²) in [5, 5.41) is 0.167. The van der Waals surface area contributed by atoms with Gasteiger partial charge in [0.05, 0.1) is 42.7 Å². The Hall–Kier alpha value is -3.00. The van der Waals surface area contributed by atoms with Crippen LogP contribution in [-0.2, 0) is 9.47 Å². The minimum absolute atomic E-state index is 0.104. The Morgan fingerprint density at radius 2 is 1.72 bits per heavy atom. The maximum absolute atomic E-state index is 12.5. The lowest BCUT2D eigenvalue weighted by Crippen LogP contribution is -2.16. The summed E-state index contributed by atoms with van der Waals surface area (Å²) in [6.07, 6.45) is 0. The maximum atomic E-state index is 12.5. The van der Waals surface area contributed by atoms with Crippen molar-refractivity contribution in [2.75, 3.05) is 27.4 Å². The lowest BCUT2D eigenvalue weighted by Gasteiger charge is -2.11. The van der Waals surface area contributed by atoms with Gasteiger partial charge in [0.25, 0.3) is 0 Å². The molecule has 0 aliphatic heterocycles. The largest absolute Gasteiger partial charge is 0.493 e. The zero-order valence-corrected chi connectivity index (χ0v) is 17.6. The monoisotopic (exact) mass is 423 g/mol. The standard InChI is InChI=1S/C20H22ClNO7/c1-6-28-20(25)16-10(2)17(22-11(16)3)14(23)9-29-19(24)12-7-13(21)18(27-5)15(8-12)26-4/h7-8,22H,6,9H2,1-5H3. The second-order valence-corrected chi connectivity index (χ2v) is 6.45. The molecule has 0 radical (unpaired) electrons. The fourth-order valence-electron chi connectivity index (χ4n) is 2.86. The Morgan fingerprint density at radius 3 is 2.31 bits per heavy atom. The number of hydrogen-bond acceptors (Lipinski definition) is 7. The summed E-state index contributed by atoms with van der Waals surface area (Å²) in [4.78, 5) is 39.7. The number of esters is 2. The van der Waals surface area contributed by atoms with Crippen molar-refractivity contribution in [3.8, 4) is 11.5 Å². The predicted octanol–water partition coefficient (Wildman–Crippen LogP) is 3.52. The van der Waals surface area contributed by atoms with E-state index in [9.17, 15) is 14.4 Å². The number of carbonyl (C=O) groups is 3. The number of H-pyrrole nitrogens is 1. The lowest BCUT2D eigenvalue weighted by molar-refractivity contribution is 0.0472. The van der Waals surface area contributed by atoms with E-state index in [1.165, 1.54) is 26.4 Å². The summed E-state index contributed by atoms with van der Waals surface area (Å²) in [5.74, 6) is -1.22. The van der Waals surface area contributed by atoms with Gasteiger partial charge < -0.3 is 23.9 Å². The van der Waals surface area contributed by atoms with Crippen LogP contribution < -0.4 is 9.47 Å². The van der Waals surface area contributed by atoms with Gasteiger partial charge in [-0.2, -0.15) is 0 Å². The van der Waals surface area contributed by atoms with Crippen molar-refractivity contribution in [3.63, 3.8) is 0 Å². The topological polar surface area (TPSA) is 104 Å². The number of Topliss-reactive ketones (excluding diaryl/α,β-unsaturated/α-hetero) is 1. The molecule has 2 rings (SSSR count). The molecule has 1 aromatic carbocycles. The summed E-state index contributed by atoms with van der Waals surface area (Å²) < 4.78 is 20.4. The van der Waals surface area contributed by atoms with E-state index in [1.807, 2.05) is 0 Å². The Labute approximate surface area is 173 Å². The third-order valence-electron chi connectivity index (χ3n) is 4.20. The number of benzene rings is 1. The number of carbonyl (C=O) groups excluding carboxylic acids is 3. The molecular weight excluding hydrogens is 402 g/mol. The van der Waals surface area contributed by atoms with Crippen LogP contribution in [0.4, 0.5) is 0 Å². The Kier molecular flexibility index (Phi) is 7.28. The van der Waals surface area contributed by atoms with E-state index < -0.39 is 24.3 Å². The number of halogens is 1. The summed E-state index contributed by atoms with van der Waals surface area (Å²) in [5.41, 5.74) is 1.53. The number of methoxy groups -OCH3 is 2. The Morgan fingerprint density at radius 1 is 1.03 bits per heavy atom. The van der Waals surface area contributed by atoms with Crippen LogP contribution in [0.2, 0.25) is 5.02 Å². The van der Waals surface area contributed by atoms with Gasteiger partial charge in [-0.15, -0.1) is 0 Å². The number of nitrogens with one attached hydrogen (secondary N) is 1. The van der Waals surface area contributed by atoms with Gasteiger partial charge in [0.1, 0.15) is 0 Å². The van der Waals surface area contributed by atoms with Crippen LogP contribution in [0.3, 0.4) is 0 Å². The molecule has 0 saturated carbocycles. The van der Waals surface area contributed by atoms with Crippen LogP contribution in [0.5, 0.6) is 11.5 Å². The van der Waals surface area contributed by atoms with E-state index in [0.29, 0.717) is 16.8 Å². The van der Waals surface area contributed by atoms with E-state index in [2.05, 4.69) is 4.98 Å². The van der Waals surface area contributed by atoms with Crippen molar-refractivity contribution in [1.82, 2.24) is 4.98 Å². The van der Waals surface area contributed by atoms with Crippen molar-refractivity contribution in [1.29, 1.82) is 0 Å². The van der Waals surface area contributed by atoms with Crippen LogP contribution in [0.25, 0.3) is 0 Å². The summed E-state index contributed by atoms with van der Waals surface area (Å²) in [7, 11) is 2.83. The molecule has 0 bridgehead atoms. The van der Waals surface area contributed by atoms with E-state index in [4.69, 9.17) is 30.5 Å². The number of aryl methyl sites for hydroxylation is 1. The molecule has 0 spiro atoms. The zero-order chi connectivity index (χ0) is 21.7. The van der Waals surface area contributed by atoms with Gasteiger partial charge in [-0.25, -0.2) is 9.59 Å². The summed E-state index contributed by atoms with van der Waals surface area (Å²) in [6.45, 7) is 4.68. The first kappa shape index (κ1) is 22.3. The highest BCUT2D eigenvalue weighted by Crippen LogP contribution is 2.36. The van der Waals surface area contributed by atoms with Crippen LogP contribution in [0, 0.1) is 13.8 Å². The molecule has 0 atom stereocenters. The molecule has 29 heavy (non-hydrogen) atoms. The highest BCUT2D eigenvalue weighted by Gasteiger charge is 2.24. The Bertz CT molecular complexity index is 949. The quantitative estimate of drug-likeness (QED) is 0.511. The maximum Gasteiger partial charge on any atom is 0.340 e. The number of ether oxygens (including phenoxy) is 4. The Balaban J connectivity index is 2.16. The van der Waals surface area contributed by atoms with E-state index in [-0.39, 0.29) is 34.4 Å². The van der Waals surface area contributed by atoms with Gasteiger partial charge in [0.15, 0.2) is 18.1 Å². The average molecular weight is 424 g/mol. The van der Waals surface area contributed by atoms with Crippen LogP contribution in [0.15, 0.2) is 12.1 Å². The molecule has 8 nitrogen and oxygen atoms in total. The van der Waals surface area contributed by atoms with E-state index >= 15 is 0 Å². The number of rotatable bonds is 8. The normalized spacial score (nSPS) is 10.4. The number of aromatic nitrogens is 1. The first-order valence-corrected chi connectivity index (χ1v) is 9.11. The molecule has 0 aliphatic carbocycles. The highest BCUT2D eigenvalue weighted by atomic mass is 35.5.